The number of ether oxygens (including phenoxy) is 1. The summed E-state index contributed by atoms with van der Waals surface area (Å²) >= 11 is 0. The van der Waals surface area contributed by atoms with E-state index in [0.717, 1.165) is 10.9 Å². The maximum atomic E-state index is 11.5. The molecule has 16 heavy (non-hydrogen) atoms. The van der Waals surface area contributed by atoms with Crippen LogP contribution in [-0.2, 0) is 9.53 Å². The normalized spacial score (nSPS) is 10.2. The minimum absolute atomic E-state index is 0.308. The number of aromatic amines is 1. The highest BCUT2D eigenvalue weighted by molar-refractivity contribution is 5.95. The van der Waals surface area contributed by atoms with E-state index in [1.165, 1.54) is 0 Å². The van der Waals surface area contributed by atoms with Crippen LogP contribution in [-0.4, -0.2) is 23.5 Å². The molecule has 5 nitrogen and oxygen atoms in total. The van der Waals surface area contributed by atoms with Gasteiger partial charge in [0.05, 0.1) is 0 Å². The van der Waals surface area contributed by atoms with Gasteiger partial charge in [-0.05, 0) is 12.1 Å². The predicted molar refractivity (Wildman–Crippen MR) is 57.8 cm³/mol. The fourth-order valence-electron chi connectivity index (χ4n) is 1.40. The minimum Gasteiger partial charge on any atom is -0.451 e. The summed E-state index contributed by atoms with van der Waals surface area (Å²) in [6.45, 7) is -0.409. The van der Waals surface area contributed by atoms with Crippen LogP contribution in [0.1, 0.15) is 10.5 Å². The number of amides is 1. The maximum absolute atomic E-state index is 11.5. The van der Waals surface area contributed by atoms with Crippen molar-refractivity contribution in [1.29, 1.82) is 0 Å². The molecule has 5 heteroatoms. The Balaban J connectivity index is 2.20. The first-order valence-corrected chi connectivity index (χ1v) is 4.70. The average molecular weight is 218 g/mol. The largest absolute Gasteiger partial charge is 0.451 e. The molecule has 2 aromatic rings. The number of nitrogens with one attached hydrogen (secondary N) is 1. The maximum Gasteiger partial charge on any atom is 0.355 e. The fraction of sp³-hybridized carbons (Fsp3) is 0.0909. The molecule has 0 spiro atoms. The molecule has 0 bridgehead atoms. The van der Waals surface area contributed by atoms with Crippen molar-refractivity contribution in [3.05, 3.63) is 36.0 Å². The number of aromatic nitrogens is 1. The van der Waals surface area contributed by atoms with E-state index in [1.54, 1.807) is 6.07 Å². The summed E-state index contributed by atoms with van der Waals surface area (Å²) in [5.74, 6) is -1.26. The van der Waals surface area contributed by atoms with Crippen molar-refractivity contribution in [3.63, 3.8) is 0 Å². The van der Waals surface area contributed by atoms with Crippen LogP contribution in [0.3, 0.4) is 0 Å². The van der Waals surface area contributed by atoms with Crippen LogP contribution in [0.5, 0.6) is 0 Å². The molecular weight excluding hydrogens is 208 g/mol. The number of para-hydroxylation sites is 1. The Morgan fingerprint density at radius 1 is 1.31 bits per heavy atom. The molecule has 82 valence electrons. The molecular formula is C11H10N2O3. The zero-order valence-corrected chi connectivity index (χ0v) is 8.40. The number of H-pyrrole nitrogens is 1. The van der Waals surface area contributed by atoms with E-state index >= 15 is 0 Å². The quantitative estimate of drug-likeness (QED) is 0.747. The number of esters is 1. The van der Waals surface area contributed by atoms with E-state index in [2.05, 4.69) is 9.72 Å². The fourth-order valence-corrected chi connectivity index (χ4v) is 1.40. The molecule has 0 radical (unpaired) electrons. The van der Waals surface area contributed by atoms with E-state index in [1.807, 2.05) is 24.3 Å². The number of primary amides is 1. The number of nitrogens with two attached hydrogens (primary N) is 1. The SMILES string of the molecule is NC(=O)COC(=O)c1cc2ccccc2[nH]1. The summed E-state index contributed by atoms with van der Waals surface area (Å²) in [6, 6.07) is 9.11. The molecule has 1 aromatic heterocycles. The summed E-state index contributed by atoms with van der Waals surface area (Å²) in [4.78, 5) is 24.8. The van der Waals surface area contributed by atoms with Crippen molar-refractivity contribution in [2.75, 3.05) is 6.61 Å². The zero-order valence-electron chi connectivity index (χ0n) is 8.40. The molecule has 1 heterocycles. The van der Waals surface area contributed by atoms with Crippen molar-refractivity contribution in [2.24, 2.45) is 5.73 Å². The molecule has 0 aliphatic heterocycles. The highest BCUT2D eigenvalue weighted by Gasteiger charge is 2.11. The van der Waals surface area contributed by atoms with Gasteiger partial charge >= 0.3 is 5.97 Å². The van der Waals surface area contributed by atoms with E-state index < -0.39 is 18.5 Å². The second-order valence-corrected chi connectivity index (χ2v) is 3.31. The third-order valence-corrected chi connectivity index (χ3v) is 2.10. The third kappa shape index (κ3) is 2.03. The Hall–Kier alpha value is -2.30. The van der Waals surface area contributed by atoms with E-state index in [4.69, 9.17) is 5.73 Å². The average Bonchev–Trinajstić information content (AvgIpc) is 2.69. The van der Waals surface area contributed by atoms with E-state index in [-0.39, 0.29) is 0 Å². The minimum atomic E-state index is -0.676. The van der Waals surface area contributed by atoms with Gasteiger partial charge in [0, 0.05) is 10.9 Å². The smallest absolute Gasteiger partial charge is 0.355 e. The number of carbonyl (C=O) groups excluding carboxylic acids is 2. The van der Waals surface area contributed by atoms with Crippen LogP contribution >= 0.6 is 0 Å². The number of hydrogen-bond acceptors (Lipinski definition) is 3. The molecule has 0 fully saturated rings. The van der Waals surface area contributed by atoms with Crippen LogP contribution < -0.4 is 5.73 Å². The third-order valence-electron chi connectivity index (χ3n) is 2.10. The molecule has 0 aliphatic carbocycles. The zero-order chi connectivity index (χ0) is 11.5. The van der Waals surface area contributed by atoms with Gasteiger partial charge in [-0.1, -0.05) is 18.2 Å². The molecule has 0 saturated carbocycles. The Kier molecular flexibility index (Phi) is 2.59. The Morgan fingerprint density at radius 2 is 2.06 bits per heavy atom. The van der Waals surface area contributed by atoms with Gasteiger partial charge in [0.15, 0.2) is 6.61 Å². The van der Waals surface area contributed by atoms with Crippen LogP contribution in [0.15, 0.2) is 30.3 Å². The van der Waals surface area contributed by atoms with Gasteiger partial charge in [-0.25, -0.2) is 4.79 Å². The monoisotopic (exact) mass is 218 g/mol. The summed E-state index contributed by atoms with van der Waals surface area (Å²) in [6.07, 6.45) is 0. The number of carbonyl (C=O) groups is 2. The molecule has 0 unspecified atom stereocenters. The van der Waals surface area contributed by atoms with Crippen LogP contribution in [0.2, 0.25) is 0 Å². The molecule has 2 rings (SSSR count). The van der Waals surface area contributed by atoms with Crippen LogP contribution in [0, 0.1) is 0 Å². The number of rotatable bonds is 3. The van der Waals surface area contributed by atoms with E-state index in [0.29, 0.717) is 5.69 Å². The lowest BCUT2D eigenvalue weighted by molar-refractivity contribution is -0.121. The van der Waals surface area contributed by atoms with Crippen molar-refractivity contribution >= 4 is 22.8 Å². The summed E-state index contributed by atoms with van der Waals surface area (Å²) in [5.41, 5.74) is 6.02. The van der Waals surface area contributed by atoms with Gasteiger partial charge in [-0.2, -0.15) is 0 Å². The van der Waals surface area contributed by atoms with Gasteiger partial charge in [-0.15, -0.1) is 0 Å². The Labute approximate surface area is 91.2 Å². The van der Waals surface area contributed by atoms with Gasteiger partial charge in [0.2, 0.25) is 0 Å². The first-order chi connectivity index (χ1) is 7.66. The highest BCUT2D eigenvalue weighted by atomic mass is 16.5. The van der Waals surface area contributed by atoms with Crippen molar-refractivity contribution in [3.8, 4) is 0 Å². The van der Waals surface area contributed by atoms with Crippen LogP contribution in [0.25, 0.3) is 10.9 Å². The molecule has 0 saturated heterocycles. The van der Waals surface area contributed by atoms with E-state index in [9.17, 15) is 9.59 Å². The molecule has 3 N–H and O–H groups in total. The van der Waals surface area contributed by atoms with Crippen molar-refractivity contribution in [1.82, 2.24) is 4.98 Å². The lowest BCUT2D eigenvalue weighted by Gasteiger charge is -1.98. The second kappa shape index (κ2) is 4.06. The Bertz CT molecular complexity index is 512. The topological polar surface area (TPSA) is 85.2 Å². The molecule has 1 aromatic carbocycles. The lowest BCUT2D eigenvalue weighted by Crippen LogP contribution is -2.21. The molecule has 1 amide bonds. The van der Waals surface area contributed by atoms with Gasteiger partial charge < -0.3 is 15.5 Å². The molecule has 0 aliphatic rings. The summed E-state index contributed by atoms with van der Waals surface area (Å²) in [5, 5.41) is 0.911. The van der Waals surface area contributed by atoms with Gasteiger partial charge in [0.1, 0.15) is 5.69 Å². The van der Waals surface area contributed by atoms with Crippen molar-refractivity contribution < 1.29 is 14.3 Å². The first kappa shape index (κ1) is 10.2. The lowest BCUT2D eigenvalue weighted by atomic mass is 10.2. The standard InChI is InChI=1S/C11H10N2O3/c12-10(14)6-16-11(15)9-5-7-3-1-2-4-8(7)13-9/h1-5,13H,6H2,(H2,12,14). The highest BCUT2D eigenvalue weighted by Crippen LogP contribution is 2.14. The van der Waals surface area contributed by atoms with Gasteiger partial charge in [0.25, 0.3) is 5.91 Å². The van der Waals surface area contributed by atoms with Crippen LogP contribution in [0.4, 0.5) is 0 Å². The summed E-state index contributed by atoms with van der Waals surface area (Å²) in [7, 11) is 0. The second-order valence-electron chi connectivity index (χ2n) is 3.31. The molecule has 0 atom stereocenters. The number of benzene rings is 1. The van der Waals surface area contributed by atoms with Gasteiger partial charge in [-0.3, -0.25) is 4.79 Å². The summed E-state index contributed by atoms with van der Waals surface area (Å²) < 4.78 is 4.67. The predicted octanol–water partition coefficient (Wildman–Crippen LogP) is 0.810. The van der Waals surface area contributed by atoms with Crippen molar-refractivity contribution in [2.45, 2.75) is 0 Å². The number of fused-ring (bicyclic) bond motifs is 1. The number of hydrogen-bond donors (Lipinski definition) is 2. The Morgan fingerprint density at radius 3 is 2.75 bits per heavy atom. The first-order valence-electron chi connectivity index (χ1n) is 4.70.